The van der Waals surface area contributed by atoms with Crippen molar-refractivity contribution in [1.82, 2.24) is 0 Å². The van der Waals surface area contributed by atoms with Crippen LogP contribution in [0.5, 0.6) is 0 Å². The van der Waals surface area contributed by atoms with Crippen LogP contribution in [0.15, 0.2) is 12.2 Å². The molecule has 0 aliphatic carbocycles. The third-order valence-corrected chi connectivity index (χ3v) is 2.53. The Morgan fingerprint density at radius 2 is 2.33 bits per heavy atom. The first kappa shape index (κ1) is 9.70. The van der Waals surface area contributed by atoms with E-state index in [4.69, 9.17) is 4.74 Å². The van der Waals surface area contributed by atoms with E-state index in [1.165, 1.54) is 0 Å². The lowest BCUT2D eigenvalue weighted by molar-refractivity contribution is 0.341. The molecule has 0 spiro atoms. The summed E-state index contributed by atoms with van der Waals surface area (Å²) in [5, 5.41) is 0. The van der Waals surface area contributed by atoms with Crippen LogP contribution in [0.25, 0.3) is 0 Å². The molecular weight excluding hydrogens is 180 g/mol. The maximum atomic E-state index is 11.0. The lowest BCUT2D eigenvalue weighted by Crippen LogP contribution is -2.15. The van der Waals surface area contributed by atoms with Gasteiger partial charge in [-0.15, -0.1) is 0 Å². The van der Waals surface area contributed by atoms with Crippen LogP contribution in [0.4, 0.5) is 0 Å². The summed E-state index contributed by atoms with van der Waals surface area (Å²) in [5.41, 5.74) is 0.690. The van der Waals surface area contributed by atoms with Gasteiger partial charge in [-0.05, 0) is 6.92 Å². The maximum absolute atomic E-state index is 11.0. The number of epoxide rings is 1. The van der Waals surface area contributed by atoms with Crippen LogP contribution in [0.1, 0.15) is 6.92 Å². The molecule has 4 nitrogen and oxygen atoms in total. The Balaban J connectivity index is 2.31. The fraction of sp³-hybridized carbons (Fsp3) is 0.714. The van der Waals surface area contributed by atoms with Gasteiger partial charge in [0, 0.05) is 0 Å². The number of rotatable bonds is 5. The first-order valence-corrected chi connectivity index (χ1v) is 5.20. The van der Waals surface area contributed by atoms with Gasteiger partial charge in [0.2, 0.25) is 0 Å². The predicted octanol–water partition coefficient (Wildman–Crippen LogP) is 0.308. The molecule has 0 aromatic heterocycles. The van der Waals surface area contributed by atoms with Gasteiger partial charge in [0.25, 0.3) is 10.1 Å². The number of hydrogen-bond acceptors (Lipinski definition) is 4. The summed E-state index contributed by atoms with van der Waals surface area (Å²) in [5.74, 6) is -0.0414. The Kier molecular flexibility index (Phi) is 2.87. The highest BCUT2D eigenvalue weighted by Crippen LogP contribution is 2.12. The lowest BCUT2D eigenvalue weighted by atomic mass is 10.4. The third kappa shape index (κ3) is 3.85. The van der Waals surface area contributed by atoms with Crippen molar-refractivity contribution in [3.63, 3.8) is 0 Å². The minimum absolute atomic E-state index is 0.0414. The van der Waals surface area contributed by atoms with E-state index in [0.717, 1.165) is 0 Å². The van der Waals surface area contributed by atoms with Crippen molar-refractivity contribution in [2.45, 2.75) is 13.0 Å². The summed E-state index contributed by atoms with van der Waals surface area (Å²) >= 11 is 0. The van der Waals surface area contributed by atoms with Crippen molar-refractivity contribution in [2.24, 2.45) is 0 Å². The van der Waals surface area contributed by atoms with E-state index < -0.39 is 10.1 Å². The Bertz CT molecular complexity index is 263. The van der Waals surface area contributed by atoms with Crippen molar-refractivity contribution in [1.29, 1.82) is 0 Å². The highest BCUT2D eigenvalue weighted by atomic mass is 32.2. The van der Waals surface area contributed by atoms with Gasteiger partial charge in [-0.1, -0.05) is 12.2 Å². The molecule has 0 aromatic rings. The molecule has 1 aliphatic rings. The van der Waals surface area contributed by atoms with E-state index >= 15 is 0 Å². The largest absolute Gasteiger partial charge is 0.372 e. The molecule has 1 unspecified atom stereocenters. The summed E-state index contributed by atoms with van der Waals surface area (Å²) < 4.78 is 31.5. The van der Waals surface area contributed by atoms with Crippen LogP contribution in [0, 0.1) is 0 Å². The molecule has 1 saturated heterocycles. The van der Waals surface area contributed by atoms with Gasteiger partial charge >= 0.3 is 0 Å². The van der Waals surface area contributed by atoms with Gasteiger partial charge in [-0.2, -0.15) is 8.42 Å². The standard InChI is InChI=1S/C7H12O4S/c1-6(2)3-11-12(8,9)5-7-4-10-7/h7H,1,3-5H2,2H3. The van der Waals surface area contributed by atoms with Crippen molar-refractivity contribution in [3.8, 4) is 0 Å². The summed E-state index contributed by atoms with van der Waals surface area (Å²) in [7, 11) is -3.40. The maximum Gasteiger partial charge on any atom is 0.270 e. The zero-order valence-corrected chi connectivity index (χ0v) is 7.76. The van der Waals surface area contributed by atoms with E-state index in [2.05, 4.69) is 10.8 Å². The second kappa shape index (κ2) is 3.55. The summed E-state index contributed by atoms with van der Waals surface area (Å²) in [4.78, 5) is 0. The van der Waals surface area contributed by atoms with E-state index in [9.17, 15) is 8.42 Å². The molecule has 0 amide bonds. The zero-order chi connectivity index (χ0) is 9.19. The van der Waals surface area contributed by atoms with Gasteiger partial charge < -0.3 is 4.74 Å². The van der Waals surface area contributed by atoms with Crippen LogP contribution < -0.4 is 0 Å². The molecule has 1 atom stereocenters. The van der Waals surface area contributed by atoms with Crippen molar-refractivity contribution >= 4 is 10.1 Å². The first-order valence-electron chi connectivity index (χ1n) is 3.63. The molecule has 1 heterocycles. The Labute approximate surface area is 72.3 Å². The van der Waals surface area contributed by atoms with E-state index in [-0.39, 0.29) is 18.5 Å². The quantitative estimate of drug-likeness (QED) is 0.357. The molecule has 1 rings (SSSR count). The van der Waals surface area contributed by atoms with Crippen molar-refractivity contribution in [3.05, 3.63) is 12.2 Å². The highest BCUT2D eigenvalue weighted by Gasteiger charge is 2.29. The van der Waals surface area contributed by atoms with Crippen LogP contribution in [-0.2, 0) is 19.0 Å². The smallest absolute Gasteiger partial charge is 0.270 e. The second-order valence-corrected chi connectivity index (χ2v) is 4.58. The average Bonchev–Trinajstić information content (AvgIpc) is 2.67. The molecular formula is C7H12O4S. The molecule has 1 fully saturated rings. The minimum Gasteiger partial charge on any atom is -0.372 e. The molecule has 5 heteroatoms. The monoisotopic (exact) mass is 192 g/mol. The fourth-order valence-corrected chi connectivity index (χ4v) is 1.76. The Hall–Kier alpha value is -0.390. The topological polar surface area (TPSA) is 55.9 Å². The molecule has 1 aliphatic heterocycles. The van der Waals surface area contributed by atoms with Gasteiger partial charge in [-0.25, -0.2) is 0 Å². The summed E-state index contributed by atoms with van der Waals surface area (Å²) in [6.07, 6.45) is -0.153. The molecule has 0 saturated carbocycles. The molecule has 0 bridgehead atoms. The molecule has 0 radical (unpaired) electrons. The van der Waals surface area contributed by atoms with Crippen molar-refractivity contribution in [2.75, 3.05) is 19.0 Å². The number of hydrogen-bond donors (Lipinski definition) is 0. The fourth-order valence-electron chi connectivity index (χ4n) is 0.630. The third-order valence-electron chi connectivity index (χ3n) is 1.28. The normalized spacial score (nSPS) is 22.2. The van der Waals surface area contributed by atoms with Gasteiger partial charge in [0.15, 0.2) is 0 Å². The van der Waals surface area contributed by atoms with E-state index in [1.54, 1.807) is 6.92 Å². The van der Waals surface area contributed by atoms with Gasteiger partial charge in [0.05, 0.1) is 19.3 Å². The van der Waals surface area contributed by atoms with Gasteiger partial charge in [-0.3, -0.25) is 4.18 Å². The minimum atomic E-state index is -3.40. The first-order chi connectivity index (χ1) is 5.49. The predicted molar refractivity (Wildman–Crippen MR) is 44.3 cm³/mol. The zero-order valence-electron chi connectivity index (χ0n) is 6.95. The molecule has 12 heavy (non-hydrogen) atoms. The van der Waals surface area contributed by atoms with Gasteiger partial charge in [0.1, 0.15) is 5.75 Å². The van der Waals surface area contributed by atoms with Crippen LogP contribution >= 0.6 is 0 Å². The molecule has 70 valence electrons. The molecule has 0 aromatic carbocycles. The lowest BCUT2D eigenvalue weighted by Gasteiger charge is -2.02. The second-order valence-electron chi connectivity index (χ2n) is 2.90. The molecule has 0 N–H and O–H groups in total. The number of ether oxygens (including phenoxy) is 1. The van der Waals surface area contributed by atoms with Crippen LogP contribution in [-0.4, -0.2) is 33.5 Å². The summed E-state index contributed by atoms with van der Waals surface area (Å²) in [6, 6.07) is 0. The van der Waals surface area contributed by atoms with Crippen LogP contribution in [0.2, 0.25) is 0 Å². The summed E-state index contributed by atoms with van der Waals surface area (Å²) in [6.45, 7) is 5.83. The highest BCUT2D eigenvalue weighted by molar-refractivity contribution is 7.86. The van der Waals surface area contributed by atoms with Crippen LogP contribution in [0.3, 0.4) is 0 Å². The average molecular weight is 192 g/mol. The van der Waals surface area contributed by atoms with Crippen molar-refractivity contribution < 1.29 is 17.3 Å². The SMILES string of the molecule is C=C(C)COS(=O)(=O)CC1CO1. The van der Waals surface area contributed by atoms with E-state index in [0.29, 0.717) is 12.2 Å². The Morgan fingerprint density at radius 3 is 2.75 bits per heavy atom. The Morgan fingerprint density at radius 1 is 1.75 bits per heavy atom. The van der Waals surface area contributed by atoms with E-state index in [1.807, 2.05) is 0 Å².